The maximum Gasteiger partial charge on any atom is 0.359 e. The Bertz CT molecular complexity index is 1180. The number of aromatic nitrogens is 3. The van der Waals surface area contributed by atoms with Crippen molar-refractivity contribution >= 4 is 22.5 Å². The van der Waals surface area contributed by atoms with Crippen molar-refractivity contribution in [3.8, 4) is 0 Å². The molecular formula is C22H25N3O5. The van der Waals surface area contributed by atoms with Crippen LogP contribution >= 0.6 is 0 Å². The van der Waals surface area contributed by atoms with Gasteiger partial charge in [-0.1, -0.05) is 18.2 Å². The zero-order valence-electron chi connectivity index (χ0n) is 17.8. The van der Waals surface area contributed by atoms with Gasteiger partial charge in [-0.2, -0.15) is 5.10 Å². The SMILES string of the molecule is COC[C@@H](C)n1c(C)cc(C(=O)COC(=O)c2nn(C)c(=O)c3ccccc23)c1C. The van der Waals surface area contributed by atoms with E-state index in [2.05, 4.69) is 5.10 Å². The number of Topliss-reactive ketones (excluding diaryl/α,β-unsaturated/α-hetero) is 1. The number of hydrogen-bond acceptors (Lipinski definition) is 6. The monoisotopic (exact) mass is 411 g/mol. The smallest absolute Gasteiger partial charge is 0.359 e. The molecule has 0 saturated carbocycles. The maximum absolute atomic E-state index is 12.7. The topological polar surface area (TPSA) is 92.4 Å². The van der Waals surface area contributed by atoms with E-state index in [-0.39, 0.29) is 23.1 Å². The highest BCUT2D eigenvalue weighted by Gasteiger charge is 2.22. The summed E-state index contributed by atoms with van der Waals surface area (Å²) in [5.74, 6) is -1.06. The predicted octanol–water partition coefficient (Wildman–Crippen LogP) is 2.60. The lowest BCUT2D eigenvalue weighted by Gasteiger charge is -2.17. The zero-order chi connectivity index (χ0) is 22.0. The van der Waals surface area contributed by atoms with Gasteiger partial charge in [0.1, 0.15) is 0 Å². The largest absolute Gasteiger partial charge is 0.452 e. The van der Waals surface area contributed by atoms with Crippen LogP contribution in [0, 0.1) is 13.8 Å². The first-order valence-corrected chi connectivity index (χ1v) is 9.60. The first-order chi connectivity index (χ1) is 14.3. The lowest BCUT2D eigenvalue weighted by atomic mass is 10.1. The molecule has 0 aliphatic carbocycles. The molecule has 30 heavy (non-hydrogen) atoms. The van der Waals surface area contributed by atoms with Crippen LogP contribution in [0.15, 0.2) is 35.1 Å². The molecule has 0 unspecified atom stereocenters. The van der Waals surface area contributed by atoms with E-state index in [1.54, 1.807) is 37.4 Å². The summed E-state index contributed by atoms with van der Waals surface area (Å²) in [6.07, 6.45) is 0. The molecule has 3 rings (SSSR count). The Balaban J connectivity index is 1.82. The summed E-state index contributed by atoms with van der Waals surface area (Å²) in [5.41, 5.74) is 1.92. The quantitative estimate of drug-likeness (QED) is 0.438. The number of hydrogen-bond donors (Lipinski definition) is 0. The van der Waals surface area contributed by atoms with Gasteiger partial charge in [0, 0.05) is 36.5 Å². The van der Waals surface area contributed by atoms with Crippen molar-refractivity contribution in [3.63, 3.8) is 0 Å². The van der Waals surface area contributed by atoms with Crippen LogP contribution in [0.5, 0.6) is 0 Å². The van der Waals surface area contributed by atoms with E-state index in [4.69, 9.17) is 9.47 Å². The summed E-state index contributed by atoms with van der Waals surface area (Å²) in [6, 6.07) is 8.53. The Morgan fingerprint density at radius 1 is 1.17 bits per heavy atom. The zero-order valence-corrected chi connectivity index (χ0v) is 17.8. The van der Waals surface area contributed by atoms with Crippen LogP contribution in [0.25, 0.3) is 10.8 Å². The van der Waals surface area contributed by atoms with Crippen molar-refractivity contribution in [1.29, 1.82) is 0 Å². The van der Waals surface area contributed by atoms with Crippen LogP contribution in [0.2, 0.25) is 0 Å². The van der Waals surface area contributed by atoms with Gasteiger partial charge in [-0.05, 0) is 32.9 Å². The lowest BCUT2D eigenvalue weighted by molar-refractivity contribution is 0.0468. The minimum Gasteiger partial charge on any atom is -0.452 e. The number of carbonyl (C=O) groups is 2. The summed E-state index contributed by atoms with van der Waals surface area (Å²) in [5, 5.41) is 4.79. The van der Waals surface area contributed by atoms with Gasteiger partial charge in [0.25, 0.3) is 5.56 Å². The molecule has 8 heteroatoms. The van der Waals surface area contributed by atoms with Crippen molar-refractivity contribution in [1.82, 2.24) is 14.3 Å². The van der Waals surface area contributed by atoms with Crippen LogP contribution in [-0.2, 0) is 16.5 Å². The first kappa shape index (κ1) is 21.4. The fourth-order valence-electron chi connectivity index (χ4n) is 3.78. The Morgan fingerprint density at radius 2 is 1.83 bits per heavy atom. The number of carbonyl (C=O) groups excluding carboxylic acids is 2. The van der Waals surface area contributed by atoms with E-state index in [1.807, 2.05) is 25.3 Å². The molecule has 0 bridgehead atoms. The van der Waals surface area contributed by atoms with E-state index >= 15 is 0 Å². The molecular weight excluding hydrogens is 386 g/mol. The second-order valence-corrected chi connectivity index (χ2v) is 7.28. The molecule has 0 N–H and O–H groups in total. The van der Waals surface area contributed by atoms with Crippen molar-refractivity contribution in [3.05, 3.63) is 63.3 Å². The second kappa shape index (κ2) is 8.62. The predicted molar refractivity (Wildman–Crippen MR) is 112 cm³/mol. The average molecular weight is 411 g/mol. The van der Waals surface area contributed by atoms with E-state index in [0.717, 1.165) is 16.1 Å². The molecule has 0 spiro atoms. The molecule has 0 amide bonds. The van der Waals surface area contributed by atoms with Crippen LogP contribution in [0.4, 0.5) is 0 Å². The standard InChI is InChI=1S/C22H25N3O5/c1-13-10-18(15(3)25(13)14(2)11-29-5)19(26)12-30-22(28)20-16-8-6-7-9-17(16)21(27)24(4)23-20/h6-10,14H,11-12H2,1-5H3/t14-/m1/s1. The number of ether oxygens (including phenoxy) is 2. The van der Waals surface area contributed by atoms with Gasteiger partial charge < -0.3 is 14.0 Å². The summed E-state index contributed by atoms with van der Waals surface area (Å²) >= 11 is 0. The third-order valence-electron chi connectivity index (χ3n) is 5.12. The van der Waals surface area contributed by atoms with Crippen molar-refractivity contribution in [2.45, 2.75) is 26.8 Å². The second-order valence-electron chi connectivity index (χ2n) is 7.28. The molecule has 1 aromatic carbocycles. The van der Waals surface area contributed by atoms with Gasteiger partial charge in [0.2, 0.25) is 5.78 Å². The van der Waals surface area contributed by atoms with Gasteiger partial charge in [-0.25, -0.2) is 9.48 Å². The molecule has 0 radical (unpaired) electrons. The van der Waals surface area contributed by atoms with E-state index < -0.39 is 12.6 Å². The minimum absolute atomic E-state index is 0.000288. The third-order valence-corrected chi connectivity index (χ3v) is 5.12. The van der Waals surface area contributed by atoms with Gasteiger partial charge >= 0.3 is 5.97 Å². The molecule has 3 aromatic rings. The number of aryl methyl sites for hydroxylation is 2. The van der Waals surface area contributed by atoms with Crippen LogP contribution in [0.3, 0.4) is 0 Å². The Kier molecular flexibility index (Phi) is 6.17. The molecule has 1 atom stereocenters. The van der Waals surface area contributed by atoms with E-state index in [9.17, 15) is 14.4 Å². The fraction of sp³-hybridized carbons (Fsp3) is 0.364. The van der Waals surface area contributed by atoms with Crippen LogP contribution < -0.4 is 5.56 Å². The molecule has 0 saturated heterocycles. The van der Waals surface area contributed by atoms with Gasteiger partial charge in [0.15, 0.2) is 12.3 Å². The molecule has 0 aliphatic rings. The Morgan fingerprint density at radius 3 is 2.50 bits per heavy atom. The van der Waals surface area contributed by atoms with Gasteiger partial charge in [-0.3, -0.25) is 9.59 Å². The number of benzene rings is 1. The summed E-state index contributed by atoms with van der Waals surface area (Å²) in [7, 11) is 3.10. The summed E-state index contributed by atoms with van der Waals surface area (Å²) in [6.45, 7) is 5.89. The molecule has 158 valence electrons. The van der Waals surface area contributed by atoms with Crippen molar-refractivity contribution in [2.75, 3.05) is 20.3 Å². The number of esters is 1. The molecule has 0 fully saturated rings. The molecule has 2 heterocycles. The van der Waals surface area contributed by atoms with Crippen LogP contribution in [-0.4, -0.2) is 46.4 Å². The fourth-order valence-corrected chi connectivity index (χ4v) is 3.78. The van der Waals surface area contributed by atoms with Crippen molar-refractivity contribution < 1.29 is 19.1 Å². The number of rotatable bonds is 7. The normalized spacial score (nSPS) is 12.2. The molecule has 2 aromatic heterocycles. The Hall–Kier alpha value is -3.26. The van der Waals surface area contributed by atoms with E-state index in [0.29, 0.717) is 22.9 Å². The number of ketones is 1. The third kappa shape index (κ3) is 3.91. The number of methoxy groups -OCH3 is 1. The number of fused-ring (bicyclic) bond motifs is 1. The van der Waals surface area contributed by atoms with Crippen molar-refractivity contribution in [2.24, 2.45) is 7.05 Å². The highest BCUT2D eigenvalue weighted by molar-refractivity contribution is 6.04. The first-order valence-electron chi connectivity index (χ1n) is 9.60. The summed E-state index contributed by atoms with van der Waals surface area (Å²) in [4.78, 5) is 37.6. The number of nitrogens with zero attached hydrogens (tertiary/aromatic N) is 3. The van der Waals surface area contributed by atoms with Gasteiger partial charge in [-0.15, -0.1) is 0 Å². The lowest BCUT2D eigenvalue weighted by Crippen LogP contribution is -2.24. The highest BCUT2D eigenvalue weighted by Crippen LogP contribution is 2.21. The Labute approximate surface area is 174 Å². The summed E-state index contributed by atoms with van der Waals surface area (Å²) < 4.78 is 13.6. The van der Waals surface area contributed by atoms with Crippen LogP contribution in [0.1, 0.15) is 45.2 Å². The van der Waals surface area contributed by atoms with Gasteiger partial charge in [0.05, 0.1) is 18.0 Å². The maximum atomic E-state index is 12.7. The molecule has 8 nitrogen and oxygen atoms in total. The highest BCUT2D eigenvalue weighted by atomic mass is 16.5. The molecule has 0 aliphatic heterocycles. The average Bonchev–Trinajstić information content (AvgIpc) is 3.03. The minimum atomic E-state index is -0.753. The van der Waals surface area contributed by atoms with E-state index in [1.165, 1.54) is 7.05 Å².